The minimum Gasteiger partial charge on any atom is -0.339 e. The van der Waals surface area contributed by atoms with Gasteiger partial charge in [0.05, 0.1) is 0 Å². The number of carbonyl (C=O) groups excluding carboxylic acids is 1. The molecule has 0 saturated carbocycles. The Morgan fingerprint density at radius 2 is 1.94 bits per heavy atom. The molecule has 0 aromatic heterocycles. The van der Waals surface area contributed by atoms with E-state index in [4.69, 9.17) is 0 Å². The molecule has 1 heterocycles. The summed E-state index contributed by atoms with van der Waals surface area (Å²) in [5, 5.41) is 0. The Labute approximate surface area is 118 Å². The van der Waals surface area contributed by atoms with E-state index in [1.807, 2.05) is 49.1 Å². The number of likely N-dealkylation sites (tertiary alicyclic amines) is 1. The van der Waals surface area contributed by atoms with Crippen molar-refractivity contribution in [2.75, 3.05) is 13.1 Å². The number of hydrogen-bond donors (Lipinski definition) is 0. The molecule has 0 bridgehead atoms. The summed E-state index contributed by atoms with van der Waals surface area (Å²) in [6.07, 6.45) is 5.80. The van der Waals surface area contributed by atoms with Gasteiger partial charge in [-0.3, -0.25) is 4.79 Å². The van der Waals surface area contributed by atoms with E-state index in [9.17, 15) is 4.79 Å². The van der Waals surface area contributed by atoms with E-state index in [0.717, 1.165) is 36.0 Å². The number of nitrogens with zero attached hydrogens (tertiary/aromatic N) is 1. The van der Waals surface area contributed by atoms with E-state index in [-0.39, 0.29) is 5.91 Å². The molecule has 0 aliphatic carbocycles. The Kier molecular flexibility index (Phi) is 6.73. The predicted molar refractivity (Wildman–Crippen MR) is 80.3 cm³/mol. The summed E-state index contributed by atoms with van der Waals surface area (Å²) >= 11 is 3.41. The third kappa shape index (κ3) is 4.65. The van der Waals surface area contributed by atoms with Crippen LogP contribution in [-0.4, -0.2) is 23.9 Å². The van der Waals surface area contributed by atoms with Crippen LogP contribution in [-0.2, 0) is 4.79 Å². The van der Waals surface area contributed by atoms with Crippen molar-refractivity contribution in [1.82, 2.24) is 4.90 Å². The maximum absolute atomic E-state index is 11.7. The van der Waals surface area contributed by atoms with Gasteiger partial charge in [-0.2, -0.15) is 0 Å². The molecule has 2 rings (SSSR count). The van der Waals surface area contributed by atoms with Crippen LogP contribution in [0.4, 0.5) is 0 Å². The van der Waals surface area contributed by atoms with Gasteiger partial charge in [-0.25, -0.2) is 0 Å². The zero-order chi connectivity index (χ0) is 13.4. The molecule has 0 unspecified atom stereocenters. The summed E-state index contributed by atoms with van der Waals surface area (Å²) in [7, 11) is 0. The fourth-order valence-corrected chi connectivity index (χ4v) is 2.24. The van der Waals surface area contributed by atoms with Crippen LogP contribution in [0.15, 0.2) is 34.8 Å². The first-order chi connectivity index (χ1) is 8.75. The topological polar surface area (TPSA) is 20.3 Å². The largest absolute Gasteiger partial charge is 0.339 e. The van der Waals surface area contributed by atoms with Crippen molar-refractivity contribution in [2.45, 2.75) is 26.7 Å². The fourth-order valence-electron chi connectivity index (χ4n) is 1.82. The maximum Gasteiger partial charge on any atom is 0.246 e. The number of rotatable bonds is 2. The second-order valence-corrected chi connectivity index (χ2v) is 4.84. The molecule has 1 aromatic carbocycles. The van der Waals surface area contributed by atoms with Crippen LogP contribution in [0.2, 0.25) is 0 Å². The zero-order valence-electron chi connectivity index (χ0n) is 11.0. The Balaban J connectivity index is 0.000000771. The Morgan fingerprint density at radius 3 is 2.56 bits per heavy atom. The highest BCUT2D eigenvalue weighted by Crippen LogP contribution is 2.13. The number of amides is 1. The van der Waals surface area contributed by atoms with Crippen molar-refractivity contribution in [3.63, 3.8) is 0 Å². The second-order valence-electron chi connectivity index (χ2n) is 3.92. The van der Waals surface area contributed by atoms with Gasteiger partial charge in [-0.15, -0.1) is 0 Å². The molecule has 1 fully saturated rings. The summed E-state index contributed by atoms with van der Waals surface area (Å²) < 4.78 is 1.03. The molecule has 1 aromatic rings. The third-order valence-electron chi connectivity index (χ3n) is 2.68. The van der Waals surface area contributed by atoms with E-state index in [1.54, 1.807) is 6.08 Å². The summed E-state index contributed by atoms with van der Waals surface area (Å²) in [5.41, 5.74) is 1.04. The van der Waals surface area contributed by atoms with E-state index < -0.39 is 0 Å². The van der Waals surface area contributed by atoms with Gasteiger partial charge in [0, 0.05) is 23.6 Å². The average molecular weight is 310 g/mol. The Morgan fingerprint density at radius 1 is 1.28 bits per heavy atom. The molecule has 18 heavy (non-hydrogen) atoms. The molecule has 0 N–H and O–H groups in total. The number of halogens is 1. The molecule has 0 spiro atoms. The molecule has 0 radical (unpaired) electrons. The Hall–Kier alpha value is -1.09. The highest BCUT2D eigenvalue weighted by atomic mass is 79.9. The second kappa shape index (κ2) is 8.09. The highest BCUT2D eigenvalue weighted by molar-refractivity contribution is 9.10. The summed E-state index contributed by atoms with van der Waals surface area (Å²) in [6.45, 7) is 5.81. The van der Waals surface area contributed by atoms with Crippen molar-refractivity contribution in [3.05, 3.63) is 40.4 Å². The van der Waals surface area contributed by atoms with Crippen molar-refractivity contribution in [1.29, 1.82) is 0 Å². The number of carbonyl (C=O) groups is 1. The van der Waals surface area contributed by atoms with E-state index in [1.165, 1.54) is 0 Å². The van der Waals surface area contributed by atoms with Gasteiger partial charge in [0.1, 0.15) is 0 Å². The van der Waals surface area contributed by atoms with Crippen molar-refractivity contribution in [3.8, 4) is 0 Å². The van der Waals surface area contributed by atoms with Crippen LogP contribution in [0, 0.1) is 0 Å². The monoisotopic (exact) mass is 309 g/mol. The lowest BCUT2D eigenvalue weighted by molar-refractivity contribution is -0.124. The molecule has 1 saturated heterocycles. The molecule has 98 valence electrons. The Bertz CT molecular complexity index is 409. The molecule has 3 heteroatoms. The molecule has 1 aliphatic heterocycles. The average Bonchev–Trinajstić information content (AvgIpc) is 2.92. The van der Waals surface area contributed by atoms with Crippen LogP contribution in [0.25, 0.3) is 6.08 Å². The fraction of sp³-hybridized carbons (Fsp3) is 0.400. The molecule has 0 atom stereocenters. The van der Waals surface area contributed by atoms with Crippen LogP contribution < -0.4 is 0 Å². The van der Waals surface area contributed by atoms with Crippen LogP contribution in [0.1, 0.15) is 32.3 Å². The van der Waals surface area contributed by atoms with Crippen molar-refractivity contribution >= 4 is 27.9 Å². The molecular formula is C15H20BrNO. The molecular weight excluding hydrogens is 290 g/mol. The van der Waals surface area contributed by atoms with Gasteiger partial charge in [0.2, 0.25) is 5.91 Å². The molecule has 1 amide bonds. The molecule has 2 nitrogen and oxygen atoms in total. The van der Waals surface area contributed by atoms with E-state index in [0.29, 0.717) is 0 Å². The van der Waals surface area contributed by atoms with Crippen molar-refractivity contribution < 1.29 is 4.79 Å². The number of hydrogen-bond acceptors (Lipinski definition) is 1. The first kappa shape index (κ1) is 15.0. The van der Waals surface area contributed by atoms with Gasteiger partial charge < -0.3 is 4.90 Å². The summed E-state index contributed by atoms with van der Waals surface area (Å²) in [4.78, 5) is 13.6. The van der Waals surface area contributed by atoms with Gasteiger partial charge in [-0.05, 0) is 36.6 Å². The van der Waals surface area contributed by atoms with E-state index in [2.05, 4.69) is 15.9 Å². The normalized spacial score (nSPS) is 14.5. The lowest BCUT2D eigenvalue weighted by atomic mass is 10.2. The minimum absolute atomic E-state index is 0.123. The van der Waals surface area contributed by atoms with Gasteiger partial charge in [-0.1, -0.05) is 41.9 Å². The number of benzene rings is 1. The smallest absolute Gasteiger partial charge is 0.246 e. The lowest BCUT2D eigenvalue weighted by Gasteiger charge is -2.11. The molecule has 1 aliphatic rings. The van der Waals surface area contributed by atoms with Crippen LogP contribution in [0.3, 0.4) is 0 Å². The van der Waals surface area contributed by atoms with E-state index >= 15 is 0 Å². The lowest BCUT2D eigenvalue weighted by Crippen LogP contribution is -2.25. The standard InChI is InChI=1S/C13H14BrNO.C2H6/c14-12-5-3-4-11(10-12)6-7-13(16)15-8-1-2-9-15;1-2/h3-7,10H,1-2,8-9H2;1-2H3/b7-6+;. The van der Waals surface area contributed by atoms with Crippen molar-refractivity contribution in [2.24, 2.45) is 0 Å². The van der Waals surface area contributed by atoms with Crippen LogP contribution >= 0.6 is 15.9 Å². The maximum atomic E-state index is 11.7. The summed E-state index contributed by atoms with van der Waals surface area (Å²) in [5.74, 6) is 0.123. The minimum atomic E-state index is 0.123. The third-order valence-corrected chi connectivity index (χ3v) is 3.18. The van der Waals surface area contributed by atoms with Gasteiger partial charge in [0.15, 0.2) is 0 Å². The highest BCUT2D eigenvalue weighted by Gasteiger charge is 2.14. The van der Waals surface area contributed by atoms with Gasteiger partial charge >= 0.3 is 0 Å². The first-order valence-electron chi connectivity index (χ1n) is 6.48. The van der Waals surface area contributed by atoms with Gasteiger partial charge in [0.25, 0.3) is 0 Å². The first-order valence-corrected chi connectivity index (χ1v) is 7.27. The van der Waals surface area contributed by atoms with Crippen LogP contribution in [0.5, 0.6) is 0 Å². The quantitative estimate of drug-likeness (QED) is 0.753. The zero-order valence-corrected chi connectivity index (χ0v) is 12.6. The predicted octanol–water partition coefficient (Wildman–Crippen LogP) is 4.11. The SMILES string of the molecule is CC.O=C(/C=C/c1cccc(Br)c1)N1CCCC1. The summed E-state index contributed by atoms with van der Waals surface area (Å²) in [6, 6.07) is 7.91.